The van der Waals surface area contributed by atoms with Gasteiger partial charge in [-0.3, -0.25) is 9.59 Å². The Balaban J connectivity index is 1.37. The first-order chi connectivity index (χ1) is 17.9. The molecule has 1 saturated carbocycles. The molecule has 37 heavy (non-hydrogen) atoms. The first-order valence-corrected chi connectivity index (χ1v) is 12.9. The highest BCUT2D eigenvalue weighted by Crippen LogP contribution is 2.40. The highest BCUT2D eigenvalue weighted by Gasteiger charge is 2.49. The van der Waals surface area contributed by atoms with Gasteiger partial charge in [-0.15, -0.1) is 0 Å². The van der Waals surface area contributed by atoms with Gasteiger partial charge in [0.15, 0.2) is 5.82 Å². The van der Waals surface area contributed by atoms with Crippen molar-refractivity contribution in [1.29, 1.82) is 0 Å². The lowest BCUT2D eigenvalue weighted by Crippen LogP contribution is -2.49. The molecule has 1 aliphatic carbocycles. The molecular weight excluding hydrogens is 482 g/mol. The van der Waals surface area contributed by atoms with Crippen LogP contribution in [0.25, 0.3) is 0 Å². The van der Waals surface area contributed by atoms with Crippen molar-refractivity contribution in [3.05, 3.63) is 36.0 Å². The number of ether oxygens (including phenoxy) is 1. The number of amides is 2. The Labute approximate surface area is 214 Å². The van der Waals surface area contributed by atoms with Crippen LogP contribution in [-0.4, -0.2) is 66.1 Å². The van der Waals surface area contributed by atoms with Crippen molar-refractivity contribution in [3.63, 3.8) is 0 Å². The average Bonchev–Trinajstić information content (AvgIpc) is 3.42. The van der Waals surface area contributed by atoms with Crippen LogP contribution >= 0.6 is 0 Å². The zero-order chi connectivity index (χ0) is 26.0. The largest absolute Gasteiger partial charge is 0.381 e. The van der Waals surface area contributed by atoms with Crippen LogP contribution in [0.1, 0.15) is 55.8 Å². The van der Waals surface area contributed by atoms with Gasteiger partial charge in [0, 0.05) is 43.1 Å². The van der Waals surface area contributed by atoms with Crippen molar-refractivity contribution in [2.75, 3.05) is 41.4 Å². The molecular formula is C26H32F2N6O3. The minimum atomic E-state index is -3.52. The number of anilines is 4. The monoisotopic (exact) mass is 514 g/mol. The molecule has 1 saturated heterocycles. The lowest BCUT2D eigenvalue weighted by atomic mass is 10.1. The highest BCUT2D eigenvalue weighted by molar-refractivity contribution is 6.02. The van der Waals surface area contributed by atoms with Crippen molar-refractivity contribution >= 4 is 35.0 Å². The molecule has 198 valence electrons. The number of benzene rings is 1. The van der Waals surface area contributed by atoms with Crippen LogP contribution in [0.5, 0.6) is 0 Å². The fourth-order valence-electron chi connectivity index (χ4n) is 5.27. The summed E-state index contributed by atoms with van der Waals surface area (Å²) in [5, 5.41) is 6.14. The summed E-state index contributed by atoms with van der Waals surface area (Å²) in [6.45, 7) is 2.35. The number of alkyl halides is 2. The van der Waals surface area contributed by atoms with Crippen LogP contribution in [0.2, 0.25) is 0 Å². The van der Waals surface area contributed by atoms with Gasteiger partial charge in [0.25, 0.3) is 11.8 Å². The number of nitrogens with one attached hydrogen (secondary N) is 2. The molecule has 2 amide bonds. The number of nitrogens with zero attached hydrogens (tertiary/aromatic N) is 4. The molecule has 0 bridgehead atoms. The average molecular weight is 515 g/mol. The van der Waals surface area contributed by atoms with Gasteiger partial charge >= 0.3 is 5.92 Å². The summed E-state index contributed by atoms with van der Waals surface area (Å²) < 4.78 is 35.2. The van der Waals surface area contributed by atoms with E-state index in [4.69, 9.17) is 4.74 Å². The third-order valence-corrected chi connectivity index (χ3v) is 7.28. The number of fused-ring (bicyclic) bond motifs is 1. The maximum Gasteiger partial charge on any atom is 0.342 e. The van der Waals surface area contributed by atoms with E-state index in [1.165, 1.54) is 6.20 Å². The second-order valence-electron chi connectivity index (χ2n) is 9.78. The van der Waals surface area contributed by atoms with E-state index in [0.29, 0.717) is 36.0 Å². The number of halogens is 2. The Morgan fingerprint density at radius 1 is 1.14 bits per heavy atom. The van der Waals surface area contributed by atoms with Crippen molar-refractivity contribution in [2.24, 2.45) is 0 Å². The zero-order valence-corrected chi connectivity index (χ0v) is 20.9. The second kappa shape index (κ2) is 10.6. The molecule has 2 fully saturated rings. The van der Waals surface area contributed by atoms with Crippen molar-refractivity contribution in [2.45, 2.75) is 63.5 Å². The van der Waals surface area contributed by atoms with E-state index in [2.05, 4.69) is 20.6 Å². The smallest absolute Gasteiger partial charge is 0.342 e. The van der Waals surface area contributed by atoms with E-state index in [-0.39, 0.29) is 30.5 Å². The SMILES string of the molecule is CCN1C(=O)C(F)(F)CN(C2CCCC2)c2nc(Nc3ccc(C(=O)NC4CCOCC4)cc3)ncc21. The lowest BCUT2D eigenvalue weighted by Gasteiger charge is -2.31. The van der Waals surface area contributed by atoms with Gasteiger partial charge in [-0.05, 0) is 56.9 Å². The van der Waals surface area contributed by atoms with E-state index in [1.807, 2.05) is 0 Å². The number of carbonyl (C=O) groups is 2. The normalized spacial score (nSPS) is 20.5. The molecule has 3 heterocycles. The van der Waals surface area contributed by atoms with Gasteiger partial charge in [0.05, 0.1) is 12.7 Å². The summed E-state index contributed by atoms with van der Waals surface area (Å²) in [5.41, 5.74) is 1.48. The van der Waals surface area contributed by atoms with Crippen LogP contribution < -0.4 is 20.4 Å². The van der Waals surface area contributed by atoms with E-state index < -0.39 is 18.4 Å². The van der Waals surface area contributed by atoms with Crippen molar-refractivity contribution in [1.82, 2.24) is 15.3 Å². The van der Waals surface area contributed by atoms with Crippen LogP contribution in [0.3, 0.4) is 0 Å². The number of carbonyl (C=O) groups excluding carboxylic acids is 2. The van der Waals surface area contributed by atoms with E-state index in [1.54, 1.807) is 36.1 Å². The summed E-state index contributed by atoms with van der Waals surface area (Å²) in [6, 6.07) is 6.92. The zero-order valence-electron chi connectivity index (χ0n) is 20.9. The first-order valence-electron chi connectivity index (χ1n) is 12.9. The van der Waals surface area contributed by atoms with Gasteiger partial charge < -0.3 is 25.2 Å². The van der Waals surface area contributed by atoms with Gasteiger partial charge in [-0.25, -0.2) is 4.98 Å². The summed E-state index contributed by atoms with van der Waals surface area (Å²) in [7, 11) is 0. The topological polar surface area (TPSA) is 99.7 Å². The summed E-state index contributed by atoms with van der Waals surface area (Å²) >= 11 is 0. The minimum absolute atomic E-state index is 0.0907. The van der Waals surface area contributed by atoms with Crippen molar-refractivity contribution in [3.8, 4) is 0 Å². The predicted molar refractivity (Wildman–Crippen MR) is 136 cm³/mol. The van der Waals surface area contributed by atoms with Crippen LogP contribution in [0, 0.1) is 0 Å². The van der Waals surface area contributed by atoms with Crippen molar-refractivity contribution < 1.29 is 23.1 Å². The molecule has 2 N–H and O–H groups in total. The third-order valence-electron chi connectivity index (χ3n) is 7.28. The summed E-state index contributed by atoms with van der Waals surface area (Å²) in [4.78, 5) is 36.8. The van der Waals surface area contributed by atoms with E-state index >= 15 is 0 Å². The number of aromatic nitrogens is 2. The maximum absolute atomic E-state index is 14.9. The molecule has 1 aromatic heterocycles. The molecule has 3 aliphatic rings. The van der Waals surface area contributed by atoms with Gasteiger partial charge in [-0.1, -0.05) is 12.8 Å². The minimum Gasteiger partial charge on any atom is -0.381 e. The number of hydrogen-bond acceptors (Lipinski definition) is 7. The molecule has 0 spiro atoms. The predicted octanol–water partition coefficient (Wildman–Crippen LogP) is 3.88. The first kappa shape index (κ1) is 25.3. The molecule has 0 atom stereocenters. The molecule has 11 heteroatoms. The Hall–Kier alpha value is -3.34. The van der Waals surface area contributed by atoms with Crippen LogP contribution in [0.4, 0.5) is 31.9 Å². The lowest BCUT2D eigenvalue weighted by molar-refractivity contribution is -0.140. The molecule has 9 nitrogen and oxygen atoms in total. The van der Waals surface area contributed by atoms with Gasteiger partial charge in [-0.2, -0.15) is 13.8 Å². The Morgan fingerprint density at radius 2 is 1.84 bits per heavy atom. The molecule has 0 radical (unpaired) electrons. The number of hydrogen-bond donors (Lipinski definition) is 2. The Morgan fingerprint density at radius 3 is 2.51 bits per heavy atom. The van der Waals surface area contributed by atoms with Gasteiger partial charge in [0.1, 0.15) is 5.69 Å². The number of rotatable bonds is 6. The van der Waals surface area contributed by atoms with Crippen LogP contribution in [-0.2, 0) is 9.53 Å². The highest BCUT2D eigenvalue weighted by atomic mass is 19.3. The summed E-state index contributed by atoms with van der Waals surface area (Å²) in [6.07, 6.45) is 6.50. The molecule has 0 unspecified atom stereocenters. The fourth-order valence-corrected chi connectivity index (χ4v) is 5.27. The second-order valence-corrected chi connectivity index (χ2v) is 9.78. The maximum atomic E-state index is 14.9. The fraction of sp³-hybridized carbons (Fsp3) is 0.538. The molecule has 2 aliphatic heterocycles. The molecule has 2 aromatic rings. The van der Waals surface area contributed by atoms with Crippen LogP contribution in [0.15, 0.2) is 30.5 Å². The Bertz CT molecular complexity index is 1130. The Kier molecular flexibility index (Phi) is 7.23. The quantitative estimate of drug-likeness (QED) is 0.604. The molecule has 5 rings (SSSR count). The van der Waals surface area contributed by atoms with E-state index in [9.17, 15) is 18.4 Å². The van der Waals surface area contributed by atoms with Gasteiger partial charge in [0.2, 0.25) is 5.95 Å². The molecule has 1 aromatic carbocycles. The standard InChI is InChI=1S/C26H32F2N6O3/c1-2-33-21-15-29-25(32-22(21)34(20-5-3-4-6-20)16-26(27,28)24(33)36)31-18-9-7-17(8-10-18)23(35)30-19-11-13-37-14-12-19/h7-10,15,19-20H,2-6,11-14,16H2,1H3,(H,30,35)(H,29,31,32). The third kappa shape index (κ3) is 5.36. The summed E-state index contributed by atoms with van der Waals surface area (Å²) in [5.74, 6) is -4.32. The van der Waals surface area contributed by atoms with E-state index in [0.717, 1.165) is 43.4 Å².